The zero-order valence-corrected chi connectivity index (χ0v) is 19.0. The number of rotatable bonds is 5. The minimum absolute atomic E-state index is 0.254. The lowest BCUT2D eigenvalue weighted by Crippen LogP contribution is -2.45. The fourth-order valence-corrected chi connectivity index (χ4v) is 5.78. The van der Waals surface area contributed by atoms with Crippen LogP contribution in [0.4, 0.5) is 5.69 Å². The lowest BCUT2D eigenvalue weighted by Gasteiger charge is -2.35. The molecule has 0 unspecified atom stereocenters. The second-order valence-electron chi connectivity index (χ2n) is 8.81. The van der Waals surface area contributed by atoms with Crippen molar-refractivity contribution in [3.05, 3.63) is 58.4 Å². The smallest absolute Gasteiger partial charge is 0.153 e. The van der Waals surface area contributed by atoms with Gasteiger partial charge in [-0.1, -0.05) is 18.2 Å². The third-order valence-electron chi connectivity index (χ3n) is 6.24. The number of nitrogens with zero attached hydrogens (tertiary/aromatic N) is 3. The van der Waals surface area contributed by atoms with Gasteiger partial charge in [-0.15, -0.1) is 0 Å². The van der Waals surface area contributed by atoms with Gasteiger partial charge in [0.25, 0.3) is 0 Å². The van der Waals surface area contributed by atoms with E-state index < -0.39 is 9.84 Å². The van der Waals surface area contributed by atoms with Crippen LogP contribution in [-0.4, -0.2) is 62.5 Å². The highest BCUT2D eigenvalue weighted by Crippen LogP contribution is 2.29. The number of benzene rings is 1. The van der Waals surface area contributed by atoms with Crippen molar-refractivity contribution in [2.75, 3.05) is 43.1 Å². The monoisotopic (exact) mass is 428 g/mol. The van der Waals surface area contributed by atoms with Crippen molar-refractivity contribution in [1.29, 1.82) is 0 Å². The lowest BCUT2D eigenvalue weighted by molar-refractivity contribution is 0.271. The SMILES string of the molecule is Cc1cnc(CN(C)C[C@H]2Cc3c(cccc3N3CCS(=O)(=O)CC3)CN2)c(C)c1. The van der Waals surface area contributed by atoms with E-state index in [0.717, 1.165) is 31.7 Å². The van der Waals surface area contributed by atoms with Gasteiger partial charge in [0.15, 0.2) is 9.84 Å². The first kappa shape index (κ1) is 21.3. The fraction of sp³-hybridized carbons (Fsp3) is 0.522. The van der Waals surface area contributed by atoms with E-state index in [-0.39, 0.29) is 11.5 Å². The summed E-state index contributed by atoms with van der Waals surface area (Å²) in [6.45, 7) is 8.02. The Morgan fingerprint density at radius 3 is 2.73 bits per heavy atom. The Labute approximate surface area is 180 Å². The molecule has 1 atom stereocenters. The van der Waals surface area contributed by atoms with E-state index in [9.17, 15) is 8.42 Å². The van der Waals surface area contributed by atoms with Crippen LogP contribution in [0.3, 0.4) is 0 Å². The molecule has 1 N–H and O–H groups in total. The van der Waals surface area contributed by atoms with E-state index in [1.54, 1.807) is 0 Å². The number of likely N-dealkylation sites (N-methyl/N-ethyl adjacent to an activating group) is 1. The molecular weight excluding hydrogens is 396 g/mol. The molecule has 6 nitrogen and oxygen atoms in total. The first-order chi connectivity index (χ1) is 14.3. The van der Waals surface area contributed by atoms with E-state index in [1.165, 1.54) is 27.9 Å². The Hall–Kier alpha value is -1.96. The van der Waals surface area contributed by atoms with Gasteiger partial charge >= 0.3 is 0 Å². The van der Waals surface area contributed by atoms with E-state index >= 15 is 0 Å². The average Bonchev–Trinajstić information content (AvgIpc) is 2.70. The van der Waals surface area contributed by atoms with Crippen molar-refractivity contribution in [3.63, 3.8) is 0 Å². The van der Waals surface area contributed by atoms with E-state index in [1.807, 2.05) is 6.20 Å². The summed E-state index contributed by atoms with van der Waals surface area (Å²) in [5, 5.41) is 3.68. The number of pyridine rings is 1. The minimum Gasteiger partial charge on any atom is -0.369 e. The zero-order chi connectivity index (χ0) is 21.3. The van der Waals surface area contributed by atoms with Crippen molar-refractivity contribution < 1.29 is 8.42 Å². The summed E-state index contributed by atoms with van der Waals surface area (Å²) < 4.78 is 23.7. The van der Waals surface area contributed by atoms with Gasteiger partial charge in [0.2, 0.25) is 0 Å². The molecular formula is C23H32N4O2S. The van der Waals surface area contributed by atoms with Crippen LogP contribution in [0.25, 0.3) is 0 Å². The molecule has 3 heterocycles. The van der Waals surface area contributed by atoms with E-state index in [2.05, 4.69) is 65.3 Å². The molecule has 0 amide bonds. The van der Waals surface area contributed by atoms with Gasteiger partial charge in [0.1, 0.15) is 0 Å². The number of anilines is 1. The van der Waals surface area contributed by atoms with Gasteiger partial charge in [0, 0.05) is 50.6 Å². The number of fused-ring (bicyclic) bond motifs is 1. The van der Waals surface area contributed by atoms with Crippen molar-refractivity contribution >= 4 is 15.5 Å². The van der Waals surface area contributed by atoms with E-state index in [4.69, 9.17) is 0 Å². The highest BCUT2D eigenvalue weighted by molar-refractivity contribution is 7.91. The van der Waals surface area contributed by atoms with Gasteiger partial charge in [-0.3, -0.25) is 9.88 Å². The molecule has 0 radical (unpaired) electrons. The van der Waals surface area contributed by atoms with E-state index in [0.29, 0.717) is 19.1 Å². The summed E-state index contributed by atoms with van der Waals surface area (Å²) in [5.74, 6) is 0.508. The third kappa shape index (κ3) is 4.85. The topological polar surface area (TPSA) is 65.5 Å². The average molecular weight is 429 g/mol. The maximum Gasteiger partial charge on any atom is 0.153 e. The van der Waals surface area contributed by atoms with Crippen LogP contribution >= 0.6 is 0 Å². The molecule has 1 saturated heterocycles. The number of hydrogen-bond donors (Lipinski definition) is 1. The largest absolute Gasteiger partial charge is 0.369 e. The quantitative estimate of drug-likeness (QED) is 0.787. The number of hydrogen-bond acceptors (Lipinski definition) is 6. The maximum absolute atomic E-state index is 11.8. The summed E-state index contributed by atoms with van der Waals surface area (Å²) in [4.78, 5) is 9.21. The Kier molecular flexibility index (Phi) is 6.14. The molecule has 1 fully saturated rings. The standard InChI is InChI=1S/C23H32N4O2S/c1-17-11-18(2)22(25-13-17)16-26(3)15-20-12-21-19(14-24-20)5-4-6-23(21)27-7-9-30(28,29)10-8-27/h4-6,11,13,20,24H,7-10,12,14-16H2,1-3H3/t20-/m1/s1. The molecule has 1 aromatic carbocycles. The summed E-state index contributed by atoms with van der Waals surface area (Å²) in [6.07, 6.45) is 2.90. The number of aryl methyl sites for hydroxylation is 2. The molecule has 2 aliphatic rings. The molecule has 7 heteroatoms. The summed E-state index contributed by atoms with van der Waals surface area (Å²) in [7, 11) is -0.722. The molecule has 0 bridgehead atoms. The van der Waals surface area contributed by atoms with Crippen molar-refractivity contribution in [1.82, 2.24) is 15.2 Å². The maximum atomic E-state index is 11.8. The Morgan fingerprint density at radius 2 is 2.00 bits per heavy atom. The number of sulfone groups is 1. The summed E-state index contributed by atoms with van der Waals surface area (Å²) in [6, 6.07) is 8.99. The zero-order valence-electron chi connectivity index (χ0n) is 18.2. The van der Waals surface area contributed by atoms with Gasteiger partial charge in [0.05, 0.1) is 17.2 Å². The summed E-state index contributed by atoms with van der Waals surface area (Å²) >= 11 is 0. The number of aromatic nitrogens is 1. The fourth-order valence-electron chi connectivity index (χ4n) is 4.58. The minimum atomic E-state index is -2.87. The lowest BCUT2D eigenvalue weighted by atomic mass is 9.93. The van der Waals surface area contributed by atoms with Crippen LogP contribution in [0.1, 0.15) is 27.9 Å². The molecule has 0 aliphatic carbocycles. The normalized spacial score (nSPS) is 20.9. The van der Waals surface area contributed by atoms with Gasteiger partial charge in [-0.05, 0) is 55.6 Å². The first-order valence-corrected chi connectivity index (χ1v) is 12.5. The highest BCUT2D eigenvalue weighted by Gasteiger charge is 2.27. The molecule has 162 valence electrons. The Morgan fingerprint density at radius 1 is 1.23 bits per heavy atom. The van der Waals surface area contributed by atoms with Gasteiger partial charge < -0.3 is 10.2 Å². The highest BCUT2D eigenvalue weighted by atomic mass is 32.2. The van der Waals surface area contributed by atoms with Crippen LogP contribution in [0, 0.1) is 13.8 Å². The second-order valence-corrected chi connectivity index (χ2v) is 11.1. The number of nitrogens with one attached hydrogen (secondary N) is 1. The molecule has 0 saturated carbocycles. The van der Waals surface area contributed by atoms with Gasteiger partial charge in [-0.2, -0.15) is 0 Å². The second kappa shape index (κ2) is 8.65. The van der Waals surface area contributed by atoms with Crippen LogP contribution in [-0.2, 0) is 29.3 Å². The predicted octanol–water partition coefficient (Wildman–Crippen LogP) is 2.08. The van der Waals surface area contributed by atoms with Crippen LogP contribution in [0.2, 0.25) is 0 Å². The Balaban J connectivity index is 1.44. The molecule has 1 aromatic heterocycles. The molecule has 30 heavy (non-hydrogen) atoms. The van der Waals surface area contributed by atoms with Crippen LogP contribution < -0.4 is 10.2 Å². The Bertz CT molecular complexity index is 1010. The molecule has 2 aliphatic heterocycles. The van der Waals surface area contributed by atoms with Crippen LogP contribution in [0.15, 0.2) is 30.5 Å². The van der Waals surface area contributed by atoms with Crippen molar-refractivity contribution in [2.24, 2.45) is 0 Å². The van der Waals surface area contributed by atoms with Crippen molar-refractivity contribution in [2.45, 2.75) is 39.4 Å². The first-order valence-electron chi connectivity index (χ1n) is 10.7. The molecule has 2 aromatic rings. The van der Waals surface area contributed by atoms with Crippen LogP contribution in [0.5, 0.6) is 0 Å². The molecule has 4 rings (SSSR count). The molecule has 0 spiro atoms. The predicted molar refractivity (Wildman–Crippen MR) is 122 cm³/mol. The summed E-state index contributed by atoms with van der Waals surface area (Å²) in [5.41, 5.74) is 7.49. The van der Waals surface area contributed by atoms with Crippen molar-refractivity contribution in [3.8, 4) is 0 Å². The van der Waals surface area contributed by atoms with Gasteiger partial charge in [-0.25, -0.2) is 8.42 Å². The third-order valence-corrected chi connectivity index (χ3v) is 7.85.